The van der Waals surface area contributed by atoms with Gasteiger partial charge in [-0.05, 0) is 11.0 Å². The van der Waals surface area contributed by atoms with Gasteiger partial charge in [0.15, 0.2) is 5.78 Å². The van der Waals surface area contributed by atoms with Crippen LogP contribution >= 0.6 is 0 Å². The summed E-state index contributed by atoms with van der Waals surface area (Å²) in [4.78, 5) is 22.0. The molecule has 1 aromatic rings. The lowest BCUT2D eigenvalue weighted by Crippen LogP contribution is -2.11. The Bertz CT molecular complexity index is 490. The van der Waals surface area contributed by atoms with Gasteiger partial charge in [0, 0.05) is 11.6 Å². The van der Waals surface area contributed by atoms with Gasteiger partial charge >= 0.3 is 5.97 Å². The number of allylic oxidation sites excluding steroid dienone is 1. The van der Waals surface area contributed by atoms with E-state index in [4.69, 9.17) is 10.2 Å². The summed E-state index contributed by atoms with van der Waals surface area (Å²) >= 11 is 0. The fraction of sp³-hybridized carbons (Fsp3) is 0.286. The molecular weight excluding hydrogens is 232 g/mol. The van der Waals surface area contributed by atoms with E-state index < -0.39 is 17.5 Å². The molecule has 0 aromatic heterocycles. The minimum atomic E-state index is -1.52. The van der Waals surface area contributed by atoms with E-state index in [1.807, 2.05) is 12.1 Å². The maximum atomic E-state index is 11.6. The Morgan fingerprint density at radius 3 is 1.94 bits per heavy atom. The first-order valence-corrected chi connectivity index (χ1v) is 5.50. The number of carbonyl (C=O) groups is 2. The second-order valence-corrected chi connectivity index (χ2v) is 5.03. The van der Waals surface area contributed by atoms with Crippen LogP contribution in [0.15, 0.2) is 36.1 Å². The van der Waals surface area contributed by atoms with Crippen molar-refractivity contribution in [2.45, 2.75) is 26.2 Å². The van der Waals surface area contributed by atoms with Gasteiger partial charge in [-0.25, -0.2) is 4.79 Å². The van der Waals surface area contributed by atoms with Crippen molar-refractivity contribution in [3.8, 4) is 0 Å². The molecule has 0 aliphatic rings. The second-order valence-electron chi connectivity index (χ2n) is 5.03. The number of hydrogen-bond acceptors (Lipinski definition) is 3. The van der Waals surface area contributed by atoms with Gasteiger partial charge in [0.2, 0.25) is 5.76 Å². The number of aliphatic hydroxyl groups is 1. The molecule has 0 spiro atoms. The topological polar surface area (TPSA) is 74.6 Å². The highest BCUT2D eigenvalue weighted by molar-refractivity contribution is 6.07. The Morgan fingerprint density at radius 2 is 1.56 bits per heavy atom. The average Bonchev–Trinajstić information content (AvgIpc) is 2.27. The number of carbonyl (C=O) groups excluding carboxylic acids is 1. The molecule has 0 fully saturated rings. The highest BCUT2D eigenvalue weighted by atomic mass is 16.4. The molecule has 4 heteroatoms. The zero-order valence-electron chi connectivity index (χ0n) is 10.6. The average molecular weight is 248 g/mol. The lowest BCUT2D eigenvalue weighted by molar-refractivity contribution is -0.135. The summed E-state index contributed by atoms with van der Waals surface area (Å²) in [6, 6.07) is 6.88. The lowest BCUT2D eigenvalue weighted by Gasteiger charge is -2.18. The Kier molecular flexibility index (Phi) is 3.91. The molecule has 0 radical (unpaired) electrons. The van der Waals surface area contributed by atoms with Crippen LogP contribution in [0.25, 0.3) is 0 Å². The van der Waals surface area contributed by atoms with Crippen molar-refractivity contribution in [2.24, 2.45) is 0 Å². The van der Waals surface area contributed by atoms with Gasteiger partial charge < -0.3 is 10.2 Å². The summed E-state index contributed by atoms with van der Waals surface area (Å²) in [6.45, 7) is 6.17. The monoisotopic (exact) mass is 248 g/mol. The molecule has 0 unspecified atom stereocenters. The molecule has 18 heavy (non-hydrogen) atoms. The molecule has 1 aromatic carbocycles. The highest BCUT2D eigenvalue weighted by Crippen LogP contribution is 2.22. The lowest BCUT2D eigenvalue weighted by atomic mass is 9.86. The number of hydrogen-bond donors (Lipinski definition) is 2. The van der Waals surface area contributed by atoms with E-state index in [0.717, 1.165) is 5.56 Å². The Morgan fingerprint density at radius 1 is 1.06 bits per heavy atom. The zero-order valence-corrected chi connectivity index (χ0v) is 10.6. The largest absolute Gasteiger partial charge is 0.502 e. The van der Waals surface area contributed by atoms with E-state index in [2.05, 4.69) is 20.8 Å². The number of benzene rings is 1. The van der Waals surface area contributed by atoms with Crippen molar-refractivity contribution >= 4 is 11.8 Å². The van der Waals surface area contributed by atoms with Crippen LogP contribution in [0.2, 0.25) is 0 Å². The SMILES string of the molecule is CC(C)(C)c1ccc(C(=O)/C=C(/O)C(=O)O)cc1. The summed E-state index contributed by atoms with van der Waals surface area (Å²) in [7, 11) is 0. The highest BCUT2D eigenvalue weighted by Gasteiger charge is 2.14. The normalized spacial score (nSPS) is 12.3. The van der Waals surface area contributed by atoms with Crippen LogP contribution < -0.4 is 0 Å². The van der Waals surface area contributed by atoms with Crippen LogP contribution in [0.1, 0.15) is 36.7 Å². The number of aliphatic carboxylic acids is 1. The number of carboxylic acid groups (broad SMARTS) is 1. The molecule has 0 bridgehead atoms. The molecular formula is C14H16O4. The summed E-state index contributed by atoms with van der Waals surface area (Å²) in [5.74, 6) is -3.01. The van der Waals surface area contributed by atoms with Gasteiger partial charge in [-0.2, -0.15) is 0 Å². The molecule has 0 aliphatic carbocycles. The minimum absolute atomic E-state index is 0.0133. The van der Waals surface area contributed by atoms with E-state index in [0.29, 0.717) is 11.6 Å². The summed E-state index contributed by atoms with van der Waals surface area (Å²) in [6.07, 6.45) is 0.703. The first-order chi connectivity index (χ1) is 8.21. The van der Waals surface area contributed by atoms with Crippen molar-refractivity contribution in [3.05, 3.63) is 47.2 Å². The summed E-state index contributed by atoms with van der Waals surface area (Å²) in [5.41, 5.74) is 1.40. The van der Waals surface area contributed by atoms with Gasteiger partial charge in [-0.15, -0.1) is 0 Å². The molecule has 0 atom stereocenters. The van der Waals surface area contributed by atoms with Crippen LogP contribution in [0.5, 0.6) is 0 Å². The van der Waals surface area contributed by atoms with Crippen molar-refractivity contribution in [3.63, 3.8) is 0 Å². The standard InChI is InChI=1S/C14H16O4/c1-14(2,3)10-6-4-9(5-7-10)11(15)8-12(16)13(17)18/h4-8,16H,1-3H3,(H,17,18)/b12-8+. The van der Waals surface area contributed by atoms with E-state index >= 15 is 0 Å². The van der Waals surface area contributed by atoms with Gasteiger partial charge in [0.05, 0.1) is 0 Å². The molecule has 2 N–H and O–H groups in total. The van der Waals surface area contributed by atoms with E-state index in [-0.39, 0.29) is 5.41 Å². The van der Waals surface area contributed by atoms with E-state index in [1.54, 1.807) is 12.1 Å². The van der Waals surface area contributed by atoms with Gasteiger partial charge in [0.25, 0.3) is 0 Å². The van der Waals surface area contributed by atoms with Crippen molar-refractivity contribution in [2.75, 3.05) is 0 Å². The predicted octanol–water partition coefficient (Wildman–Crippen LogP) is 2.69. The number of carboxylic acids is 1. The summed E-state index contributed by atoms with van der Waals surface area (Å²) in [5, 5.41) is 17.4. The van der Waals surface area contributed by atoms with Crippen LogP contribution in [-0.2, 0) is 10.2 Å². The van der Waals surface area contributed by atoms with Gasteiger partial charge in [0.1, 0.15) is 0 Å². The molecule has 96 valence electrons. The molecule has 0 heterocycles. The van der Waals surface area contributed by atoms with Crippen LogP contribution in [0.4, 0.5) is 0 Å². The number of aliphatic hydroxyl groups excluding tert-OH is 1. The quantitative estimate of drug-likeness (QED) is 0.490. The van der Waals surface area contributed by atoms with E-state index in [9.17, 15) is 9.59 Å². The third-order valence-corrected chi connectivity index (χ3v) is 2.52. The third-order valence-electron chi connectivity index (χ3n) is 2.52. The third kappa shape index (κ3) is 3.45. The number of rotatable bonds is 3. The molecule has 0 amide bonds. The van der Waals surface area contributed by atoms with Gasteiger partial charge in [-0.1, -0.05) is 45.0 Å². The fourth-order valence-corrected chi connectivity index (χ4v) is 1.40. The van der Waals surface area contributed by atoms with Crippen LogP contribution in [0.3, 0.4) is 0 Å². The Balaban J connectivity index is 2.97. The number of ketones is 1. The van der Waals surface area contributed by atoms with Crippen molar-refractivity contribution in [1.29, 1.82) is 0 Å². The molecule has 0 aliphatic heterocycles. The summed E-state index contributed by atoms with van der Waals surface area (Å²) < 4.78 is 0. The molecule has 4 nitrogen and oxygen atoms in total. The van der Waals surface area contributed by atoms with Crippen molar-refractivity contribution in [1.82, 2.24) is 0 Å². The Hall–Kier alpha value is -2.10. The van der Waals surface area contributed by atoms with Crippen LogP contribution in [-0.4, -0.2) is 22.0 Å². The maximum absolute atomic E-state index is 11.6. The van der Waals surface area contributed by atoms with E-state index in [1.165, 1.54) is 0 Å². The minimum Gasteiger partial charge on any atom is -0.502 e. The maximum Gasteiger partial charge on any atom is 0.371 e. The smallest absolute Gasteiger partial charge is 0.371 e. The van der Waals surface area contributed by atoms with Gasteiger partial charge in [-0.3, -0.25) is 4.79 Å². The predicted molar refractivity (Wildman–Crippen MR) is 67.8 cm³/mol. The zero-order chi connectivity index (χ0) is 13.9. The molecule has 1 rings (SSSR count). The van der Waals surface area contributed by atoms with Crippen molar-refractivity contribution < 1.29 is 19.8 Å². The first-order valence-electron chi connectivity index (χ1n) is 5.50. The molecule has 0 saturated heterocycles. The molecule has 0 saturated carbocycles. The fourth-order valence-electron chi connectivity index (χ4n) is 1.40. The second kappa shape index (κ2) is 5.04. The van der Waals surface area contributed by atoms with Crippen LogP contribution in [0, 0.1) is 0 Å². The first kappa shape index (κ1) is 14.0. The Labute approximate surface area is 106 Å².